The number of nitrogens with one attached hydrogen (secondary N) is 1. The fourth-order valence-electron chi connectivity index (χ4n) is 2.41. The van der Waals surface area contributed by atoms with Gasteiger partial charge in [-0.1, -0.05) is 6.92 Å². The van der Waals surface area contributed by atoms with Crippen molar-refractivity contribution in [2.45, 2.75) is 13.0 Å². The Bertz CT molecular complexity index is 702. The lowest BCUT2D eigenvalue weighted by molar-refractivity contribution is -0.162. The minimum Gasteiger partial charge on any atom is -0.468 e. The summed E-state index contributed by atoms with van der Waals surface area (Å²) >= 11 is 0. The normalized spacial score (nSPS) is 12.7. The Balaban J connectivity index is 3.20. The zero-order valence-corrected chi connectivity index (χ0v) is 15.1. The van der Waals surface area contributed by atoms with E-state index in [1.54, 1.807) is 0 Å². The van der Waals surface area contributed by atoms with E-state index >= 15 is 0 Å². The minimum absolute atomic E-state index is 0.402. The third-order valence-corrected chi connectivity index (χ3v) is 3.83. The topological polar surface area (TPSA) is 108 Å². The van der Waals surface area contributed by atoms with Crippen LogP contribution in [0.25, 0.3) is 0 Å². The number of benzene rings is 1. The number of amides is 1. The maximum atomic E-state index is 13.3. The molecule has 0 spiro atoms. The molecule has 8 nitrogen and oxygen atoms in total. The lowest BCUT2D eigenvalue weighted by Crippen LogP contribution is -2.51. The number of hydrogen-bond donors (Lipinski definition) is 1. The van der Waals surface area contributed by atoms with Crippen molar-refractivity contribution in [1.82, 2.24) is 5.32 Å². The van der Waals surface area contributed by atoms with Crippen LogP contribution in [0.3, 0.4) is 0 Å². The molecule has 0 aliphatic heterocycles. The largest absolute Gasteiger partial charge is 0.468 e. The molecule has 0 unspecified atom stereocenters. The Morgan fingerprint density at radius 3 is 1.70 bits per heavy atom. The summed E-state index contributed by atoms with van der Waals surface area (Å²) in [6.07, 6.45) is 0. The first-order chi connectivity index (χ1) is 12.7. The van der Waals surface area contributed by atoms with E-state index in [2.05, 4.69) is 19.5 Å². The fourth-order valence-corrected chi connectivity index (χ4v) is 2.41. The molecule has 1 N–H and O–H groups in total. The molecule has 0 saturated heterocycles. The summed E-state index contributed by atoms with van der Waals surface area (Å²) in [5.41, 5.74) is -0.402. The lowest BCUT2D eigenvalue weighted by atomic mass is 9.87. The maximum Gasteiger partial charge on any atom is 0.328 e. The molecule has 27 heavy (non-hydrogen) atoms. The fraction of sp³-hybridized carbons (Fsp3) is 0.412. The molecule has 10 heteroatoms. The summed E-state index contributed by atoms with van der Waals surface area (Å²) in [6.45, 7) is 1.31. The van der Waals surface area contributed by atoms with Gasteiger partial charge in [-0.3, -0.25) is 14.4 Å². The summed E-state index contributed by atoms with van der Waals surface area (Å²) in [6, 6.07) is 0.587. The van der Waals surface area contributed by atoms with Gasteiger partial charge in [0.15, 0.2) is 5.92 Å². The molecule has 148 valence electrons. The van der Waals surface area contributed by atoms with Gasteiger partial charge >= 0.3 is 17.9 Å². The minimum atomic E-state index is -1.55. The predicted octanol–water partition coefficient (Wildman–Crippen LogP) is 0.834. The molecule has 0 aliphatic rings. The number of ether oxygens (including phenoxy) is 3. The van der Waals surface area contributed by atoms with Gasteiger partial charge in [-0.25, -0.2) is 13.6 Å². The zero-order chi connectivity index (χ0) is 20.7. The van der Waals surface area contributed by atoms with Crippen LogP contribution in [0.15, 0.2) is 18.2 Å². The van der Waals surface area contributed by atoms with Gasteiger partial charge in [0.05, 0.1) is 21.3 Å². The van der Waals surface area contributed by atoms with Crippen molar-refractivity contribution in [3.8, 4) is 0 Å². The molecule has 0 saturated carbocycles. The molecular formula is C17H19F2NO7. The molecule has 0 fully saturated rings. The van der Waals surface area contributed by atoms with Crippen molar-refractivity contribution in [1.29, 1.82) is 0 Å². The number of hydrogen-bond acceptors (Lipinski definition) is 7. The molecule has 1 amide bonds. The SMILES string of the molecule is COC(=O)C(C(=O)OC)[C@@H](C)[C@@H](NC(=O)c1cc(F)cc(F)c1)C(=O)OC. The smallest absolute Gasteiger partial charge is 0.328 e. The van der Waals surface area contributed by atoms with Crippen molar-refractivity contribution in [2.24, 2.45) is 11.8 Å². The van der Waals surface area contributed by atoms with E-state index in [0.29, 0.717) is 6.07 Å². The van der Waals surface area contributed by atoms with Gasteiger partial charge in [0.1, 0.15) is 17.7 Å². The number of rotatable bonds is 7. The average Bonchev–Trinajstić information content (AvgIpc) is 2.63. The van der Waals surface area contributed by atoms with Crippen molar-refractivity contribution >= 4 is 23.8 Å². The molecule has 0 heterocycles. The van der Waals surface area contributed by atoms with Gasteiger partial charge in [-0.05, 0) is 12.1 Å². The van der Waals surface area contributed by atoms with Crippen molar-refractivity contribution < 1.29 is 42.2 Å². The monoisotopic (exact) mass is 387 g/mol. The van der Waals surface area contributed by atoms with Crippen LogP contribution in [0, 0.1) is 23.5 Å². The average molecular weight is 387 g/mol. The molecule has 0 aromatic heterocycles. The van der Waals surface area contributed by atoms with Crippen molar-refractivity contribution in [3.05, 3.63) is 35.4 Å². The summed E-state index contributed by atoms with van der Waals surface area (Å²) in [5, 5.41) is 2.21. The molecule has 1 aromatic rings. The van der Waals surface area contributed by atoms with E-state index in [-0.39, 0.29) is 0 Å². The van der Waals surface area contributed by atoms with Crippen LogP contribution in [-0.2, 0) is 28.6 Å². The number of esters is 3. The molecule has 1 rings (SSSR count). The van der Waals surface area contributed by atoms with Gasteiger partial charge in [-0.15, -0.1) is 0 Å². The lowest BCUT2D eigenvalue weighted by Gasteiger charge is -2.27. The Morgan fingerprint density at radius 2 is 1.30 bits per heavy atom. The first-order valence-electron chi connectivity index (χ1n) is 7.66. The standard InChI is InChI=1S/C17H19F2NO7/c1-8(12(15(22)25-2)16(23)26-3)13(17(24)27-4)20-14(21)9-5-10(18)7-11(19)6-9/h5-8,12-13H,1-4H3,(H,20,21)/t8-,13-/m1/s1. The van der Waals surface area contributed by atoms with E-state index < -0.39 is 58.9 Å². The third kappa shape index (κ3) is 5.47. The molecule has 0 aliphatic carbocycles. The van der Waals surface area contributed by atoms with Gasteiger partial charge in [0.2, 0.25) is 0 Å². The Kier molecular flexibility index (Phi) is 7.82. The third-order valence-electron chi connectivity index (χ3n) is 3.83. The van der Waals surface area contributed by atoms with Gasteiger partial charge in [0, 0.05) is 17.5 Å². The highest BCUT2D eigenvalue weighted by Crippen LogP contribution is 2.21. The summed E-state index contributed by atoms with van der Waals surface area (Å²) in [7, 11) is 3.10. The summed E-state index contributed by atoms with van der Waals surface area (Å²) in [4.78, 5) is 48.2. The molecule has 0 radical (unpaired) electrons. The molecule has 1 aromatic carbocycles. The van der Waals surface area contributed by atoms with E-state index in [0.717, 1.165) is 33.5 Å². The van der Waals surface area contributed by atoms with E-state index in [9.17, 15) is 28.0 Å². The maximum absolute atomic E-state index is 13.3. The van der Waals surface area contributed by atoms with Crippen LogP contribution in [0.5, 0.6) is 0 Å². The number of carbonyl (C=O) groups is 4. The summed E-state index contributed by atoms with van der Waals surface area (Å²) in [5.74, 6) is -8.67. The van der Waals surface area contributed by atoms with Crippen molar-refractivity contribution in [2.75, 3.05) is 21.3 Å². The second-order valence-electron chi connectivity index (χ2n) is 5.52. The van der Waals surface area contributed by atoms with Gasteiger partial charge in [-0.2, -0.15) is 0 Å². The molecular weight excluding hydrogens is 368 g/mol. The van der Waals surface area contributed by atoms with Crippen LogP contribution >= 0.6 is 0 Å². The van der Waals surface area contributed by atoms with Crippen LogP contribution in [0.1, 0.15) is 17.3 Å². The Labute approximate surface area is 153 Å². The highest BCUT2D eigenvalue weighted by atomic mass is 19.1. The van der Waals surface area contributed by atoms with Crippen LogP contribution in [0.4, 0.5) is 8.78 Å². The van der Waals surface area contributed by atoms with Crippen LogP contribution in [-0.4, -0.2) is 51.2 Å². The van der Waals surface area contributed by atoms with Gasteiger partial charge < -0.3 is 19.5 Å². The highest BCUT2D eigenvalue weighted by molar-refractivity contribution is 5.99. The van der Waals surface area contributed by atoms with E-state index in [1.165, 1.54) is 6.92 Å². The predicted molar refractivity (Wildman–Crippen MR) is 86.3 cm³/mol. The quantitative estimate of drug-likeness (QED) is 0.419. The van der Waals surface area contributed by atoms with Crippen LogP contribution < -0.4 is 5.32 Å². The van der Waals surface area contributed by atoms with E-state index in [4.69, 9.17) is 0 Å². The van der Waals surface area contributed by atoms with Crippen molar-refractivity contribution in [3.63, 3.8) is 0 Å². The molecule has 0 bridgehead atoms. The van der Waals surface area contributed by atoms with Gasteiger partial charge in [0.25, 0.3) is 5.91 Å². The summed E-state index contributed by atoms with van der Waals surface area (Å²) < 4.78 is 40.3. The van der Waals surface area contributed by atoms with Crippen LogP contribution in [0.2, 0.25) is 0 Å². The highest BCUT2D eigenvalue weighted by Gasteiger charge is 2.42. The second kappa shape index (κ2) is 9.60. The first-order valence-corrected chi connectivity index (χ1v) is 7.66. The Morgan fingerprint density at radius 1 is 0.852 bits per heavy atom. The first kappa shape index (κ1) is 22.0. The Hall–Kier alpha value is -3.04. The number of halogens is 2. The number of carbonyl (C=O) groups excluding carboxylic acids is 4. The number of methoxy groups -OCH3 is 3. The zero-order valence-electron chi connectivity index (χ0n) is 15.1. The second-order valence-corrected chi connectivity index (χ2v) is 5.52. The molecule has 2 atom stereocenters. The van der Waals surface area contributed by atoms with E-state index in [1.807, 2.05) is 0 Å².